The first-order chi connectivity index (χ1) is 18.9. The second-order valence-electron chi connectivity index (χ2n) is 11.5. The maximum atomic E-state index is 13.5. The number of hydrogen-bond donors (Lipinski definition) is 2. The molecule has 1 aliphatic heterocycles. The van der Waals surface area contributed by atoms with Gasteiger partial charge in [-0.1, -0.05) is 23.8 Å². The summed E-state index contributed by atoms with van der Waals surface area (Å²) in [5.41, 5.74) is 0.881. The normalized spacial score (nSPS) is 21.2. The molecule has 224 valence electrons. The van der Waals surface area contributed by atoms with Gasteiger partial charge in [0.2, 0.25) is 6.43 Å². The molecule has 0 unspecified atom stereocenters. The van der Waals surface area contributed by atoms with Crippen molar-refractivity contribution in [1.82, 2.24) is 9.29 Å². The zero-order valence-corrected chi connectivity index (χ0v) is 24.8. The third kappa shape index (κ3) is 7.25. The summed E-state index contributed by atoms with van der Waals surface area (Å²) in [4.78, 5) is 12.3. The lowest BCUT2D eigenvalue weighted by Gasteiger charge is -2.35. The fraction of sp³-hybridized carbons (Fsp3) is 0.464. The van der Waals surface area contributed by atoms with Gasteiger partial charge in [-0.3, -0.25) is 0 Å². The molecule has 9 nitrogen and oxygen atoms in total. The van der Waals surface area contributed by atoms with Crippen molar-refractivity contribution in [3.8, 4) is 0 Å². The third-order valence-electron chi connectivity index (χ3n) is 6.87. The summed E-state index contributed by atoms with van der Waals surface area (Å²) < 4.78 is 85.3. The molecule has 13 heteroatoms. The number of sulfone groups is 1. The molecule has 0 saturated carbocycles. The number of benzene rings is 2. The van der Waals surface area contributed by atoms with Crippen molar-refractivity contribution >= 4 is 36.9 Å². The first kappa shape index (κ1) is 30.9. The van der Waals surface area contributed by atoms with Gasteiger partial charge in [-0.2, -0.15) is 0 Å². The molecular weight excluding hydrogens is 578 g/mol. The molecule has 1 aromatic heterocycles. The molecule has 3 aromatic rings. The van der Waals surface area contributed by atoms with Gasteiger partial charge in [0.1, 0.15) is 5.60 Å². The van der Waals surface area contributed by atoms with Crippen molar-refractivity contribution in [3.05, 3.63) is 65.4 Å². The lowest BCUT2D eigenvalue weighted by atomic mass is 9.90. The Morgan fingerprint density at radius 1 is 1.15 bits per heavy atom. The Balaban J connectivity index is 1.67. The average Bonchev–Trinajstić information content (AvgIpc) is 3.18. The Kier molecular flexibility index (Phi) is 8.55. The number of carbonyl (C=O) groups is 1. The SMILES string of the molecule is Cc1ccc(S(=O)(=O)n2cc(CC(F)F)c3cc(C[C@@H]4CS(=O)(=O)C[C@H](NC(=O)OC(C)(C)C)[C@H]4O)ccc32)cc1. The van der Waals surface area contributed by atoms with E-state index in [9.17, 15) is 35.5 Å². The van der Waals surface area contributed by atoms with Crippen LogP contribution in [0.4, 0.5) is 13.6 Å². The Bertz CT molecular complexity index is 1640. The van der Waals surface area contributed by atoms with E-state index in [4.69, 9.17) is 4.74 Å². The molecule has 0 spiro atoms. The van der Waals surface area contributed by atoms with E-state index in [1.807, 2.05) is 6.92 Å². The van der Waals surface area contributed by atoms with Crippen LogP contribution in [0.3, 0.4) is 0 Å². The fourth-order valence-corrected chi connectivity index (χ4v) is 8.38. The number of alkyl carbamates (subject to hydrolysis) is 1. The van der Waals surface area contributed by atoms with Crippen LogP contribution in [0.5, 0.6) is 0 Å². The van der Waals surface area contributed by atoms with E-state index >= 15 is 0 Å². The molecule has 41 heavy (non-hydrogen) atoms. The molecule has 2 heterocycles. The average molecular weight is 613 g/mol. The van der Waals surface area contributed by atoms with Crippen LogP contribution in [0.15, 0.2) is 53.6 Å². The van der Waals surface area contributed by atoms with Crippen molar-refractivity contribution in [1.29, 1.82) is 0 Å². The smallest absolute Gasteiger partial charge is 0.407 e. The second-order valence-corrected chi connectivity index (χ2v) is 15.5. The predicted octanol–water partition coefficient (Wildman–Crippen LogP) is 3.84. The zero-order chi connectivity index (χ0) is 30.3. The predicted molar refractivity (Wildman–Crippen MR) is 150 cm³/mol. The van der Waals surface area contributed by atoms with Crippen molar-refractivity contribution in [3.63, 3.8) is 0 Å². The number of amides is 1. The van der Waals surface area contributed by atoms with Gasteiger partial charge in [-0.05, 0) is 69.5 Å². The van der Waals surface area contributed by atoms with Crippen LogP contribution in [0.2, 0.25) is 0 Å². The number of nitrogens with one attached hydrogen (secondary N) is 1. The number of ether oxygens (including phenoxy) is 1. The third-order valence-corrected chi connectivity index (χ3v) is 10.4. The number of fused-ring (bicyclic) bond motifs is 1. The number of halogens is 2. The van der Waals surface area contributed by atoms with Gasteiger partial charge < -0.3 is 15.2 Å². The molecule has 4 rings (SSSR count). The molecule has 1 amide bonds. The summed E-state index contributed by atoms with van der Waals surface area (Å²) >= 11 is 0. The van der Waals surface area contributed by atoms with E-state index in [-0.39, 0.29) is 33.5 Å². The van der Waals surface area contributed by atoms with Crippen LogP contribution in [0, 0.1) is 12.8 Å². The van der Waals surface area contributed by atoms with Crippen molar-refractivity contribution < 1.29 is 40.3 Å². The van der Waals surface area contributed by atoms with E-state index in [1.165, 1.54) is 24.4 Å². The van der Waals surface area contributed by atoms with E-state index in [0.29, 0.717) is 5.56 Å². The molecular formula is C28H34F2N2O7S2. The van der Waals surface area contributed by atoms with Crippen LogP contribution in [-0.2, 0) is 37.4 Å². The van der Waals surface area contributed by atoms with E-state index < -0.39 is 68.2 Å². The van der Waals surface area contributed by atoms with Crippen LogP contribution in [-0.4, -0.2) is 67.7 Å². The molecule has 0 radical (unpaired) electrons. The Morgan fingerprint density at radius 2 is 1.80 bits per heavy atom. The number of aliphatic hydroxyl groups is 1. The van der Waals surface area contributed by atoms with Crippen LogP contribution < -0.4 is 5.32 Å². The summed E-state index contributed by atoms with van der Waals surface area (Å²) in [5, 5.41) is 13.7. The minimum absolute atomic E-state index is 0.00624. The molecule has 0 aliphatic carbocycles. The molecule has 1 fully saturated rings. The van der Waals surface area contributed by atoms with Crippen LogP contribution in [0.25, 0.3) is 10.9 Å². The van der Waals surface area contributed by atoms with E-state index in [2.05, 4.69) is 5.32 Å². The van der Waals surface area contributed by atoms with Gasteiger partial charge in [-0.15, -0.1) is 0 Å². The van der Waals surface area contributed by atoms with Gasteiger partial charge >= 0.3 is 6.09 Å². The van der Waals surface area contributed by atoms with Gasteiger partial charge in [0.15, 0.2) is 9.84 Å². The molecule has 3 atom stereocenters. The number of alkyl halides is 2. The number of hydrogen-bond acceptors (Lipinski definition) is 7. The highest BCUT2D eigenvalue weighted by atomic mass is 32.2. The van der Waals surface area contributed by atoms with E-state index in [1.54, 1.807) is 45.0 Å². The monoisotopic (exact) mass is 612 g/mol. The maximum Gasteiger partial charge on any atom is 0.407 e. The quantitative estimate of drug-likeness (QED) is 0.415. The Hall–Kier alpha value is -3.03. The number of rotatable bonds is 7. The largest absolute Gasteiger partial charge is 0.444 e. The lowest BCUT2D eigenvalue weighted by Crippen LogP contribution is -2.56. The van der Waals surface area contributed by atoms with Crippen molar-refractivity contribution in [2.75, 3.05) is 11.5 Å². The molecule has 2 aromatic carbocycles. The van der Waals surface area contributed by atoms with Gasteiger partial charge in [0, 0.05) is 23.9 Å². The number of carbonyl (C=O) groups excluding carboxylic acids is 1. The van der Waals surface area contributed by atoms with E-state index in [0.717, 1.165) is 9.54 Å². The highest BCUT2D eigenvalue weighted by Gasteiger charge is 2.41. The first-order valence-corrected chi connectivity index (χ1v) is 16.3. The number of aliphatic hydroxyl groups excluding tert-OH is 1. The Morgan fingerprint density at radius 3 is 2.41 bits per heavy atom. The topological polar surface area (TPSA) is 132 Å². The summed E-state index contributed by atoms with van der Waals surface area (Å²) in [7, 11) is -7.74. The van der Waals surface area contributed by atoms with Gasteiger partial charge in [-0.25, -0.2) is 34.4 Å². The minimum Gasteiger partial charge on any atom is -0.444 e. The molecule has 2 N–H and O–H groups in total. The molecule has 1 aliphatic rings. The highest BCUT2D eigenvalue weighted by molar-refractivity contribution is 7.91. The second kappa shape index (κ2) is 11.3. The maximum absolute atomic E-state index is 13.5. The Labute approximate surface area is 238 Å². The molecule has 1 saturated heterocycles. The molecule has 0 bridgehead atoms. The highest BCUT2D eigenvalue weighted by Crippen LogP contribution is 2.31. The van der Waals surface area contributed by atoms with Crippen LogP contribution in [0.1, 0.15) is 37.5 Å². The summed E-state index contributed by atoms with van der Waals surface area (Å²) in [5.74, 6) is -1.62. The fourth-order valence-electron chi connectivity index (χ4n) is 5.05. The summed E-state index contributed by atoms with van der Waals surface area (Å²) in [6.45, 7) is 6.78. The van der Waals surface area contributed by atoms with Crippen molar-refractivity contribution in [2.45, 2.75) is 69.6 Å². The number of aromatic nitrogens is 1. The minimum atomic E-state index is -4.09. The number of aryl methyl sites for hydroxylation is 1. The lowest BCUT2D eigenvalue weighted by molar-refractivity contribution is 0.0358. The van der Waals surface area contributed by atoms with Gasteiger partial charge in [0.25, 0.3) is 10.0 Å². The number of nitrogens with zero attached hydrogens (tertiary/aromatic N) is 1. The summed E-state index contributed by atoms with van der Waals surface area (Å²) in [6, 6.07) is 9.71. The standard InChI is InChI=1S/C28H34F2N2O7S2/c1-17-5-8-21(9-6-17)41(37,38)32-14-19(13-25(29)30)22-12-18(7-10-24(22)32)11-20-15-40(35,36)16-23(26(20)33)31-27(34)39-28(2,3)4/h5-10,12,14,20,23,25-26,33H,11,13,15-16H2,1-4H3,(H,31,34)/t20-,23+,26+/m1/s1. The summed E-state index contributed by atoms with van der Waals surface area (Å²) in [6.07, 6.45) is -4.26. The first-order valence-electron chi connectivity index (χ1n) is 13.1. The zero-order valence-electron chi connectivity index (χ0n) is 23.2. The van der Waals surface area contributed by atoms with Crippen LogP contribution >= 0.6 is 0 Å². The van der Waals surface area contributed by atoms with Gasteiger partial charge in [0.05, 0.1) is 34.1 Å². The van der Waals surface area contributed by atoms with Crippen molar-refractivity contribution in [2.24, 2.45) is 5.92 Å².